The summed E-state index contributed by atoms with van der Waals surface area (Å²) in [7, 11) is 0. The van der Waals surface area contributed by atoms with E-state index in [9.17, 15) is 9.18 Å². The predicted molar refractivity (Wildman–Crippen MR) is 64.0 cm³/mol. The molecule has 1 N–H and O–H groups in total. The lowest BCUT2D eigenvalue weighted by molar-refractivity contribution is 0.0923. The van der Waals surface area contributed by atoms with E-state index in [2.05, 4.69) is 21.2 Å². The minimum absolute atomic E-state index is 0.234. The molecule has 17 heavy (non-hydrogen) atoms. The predicted octanol–water partition coefficient (Wildman–Crippen LogP) is 3.11. The van der Waals surface area contributed by atoms with Crippen LogP contribution in [0.15, 0.2) is 45.5 Å². The van der Waals surface area contributed by atoms with Crippen LogP contribution in [-0.4, -0.2) is 5.91 Å². The summed E-state index contributed by atoms with van der Waals surface area (Å²) in [6.07, 6.45) is 1.42. The lowest BCUT2D eigenvalue weighted by Crippen LogP contribution is -2.22. The summed E-state index contributed by atoms with van der Waals surface area (Å²) in [6, 6.07) is 7.51. The number of nitrogens with one attached hydrogen (secondary N) is 1. The molecular weight excluding hydrogens is 289 g/mol. The Balaban J connectivity index is 2.03. The van der Waals surface area contributed by atoms with Crippen LogP contribution < -0.4 is 5.32 Å². The number of amides is 1. The van der Waals surface area contributed by atoms with Crippen molar-refractivity contribution in [2.24, 2.45) is 0 Å². The molecule has 1 aromatic heterocycles. The quantitative estimate of drug-likeness (QED) is 0.946. The summed E-state index contributed by atoms with van der Waals surface area (Å²) < 4.78 is 18.7. The number of hydrogen-bond donors (Lipinski definition) is 1. The molecule has 0 radical (unpaired) electrons. The van der Waals surface area contributed by atoms with Crippen LogP contribution in [0.1, 0.15) is 16.1 Å². The smallest absolute Gasteiger partial charge is 0.287 e. The van der Waals surface area contributed by atoms with Crippen LogP contribution in [0.4, 0.5) is 4.39 Å². The Morgan fingerprint density at radius 1 is 1.41 bits per heavy atom. The molecule has 0 atom stereocenters. The van der Waals surface area contributed by atoms with Crippen molar-refractivity contribution in [2.75, 3.05) is 0 Å². The molecule has 3 nitrogen and oxygen atoms in total. The first-order chi connectivity index (χ1) is 8.16. The van der Waals surface area contributed by atoms with E-state index in [1.807, 2.05) is 0 Å². The third kappa shape index (κ3) is 2.94. The van der Waals surface area contributed by atoms with Crippen LogP contribution in [0, 0.1) is 5.82 Å². The van der Waals surface area contributed by atoms with Crippen LogP contribution >= 0.6 is 15.9 Å². The summed E-state index contributed by atoms with van der Waals surface area (Å²) in [4.78, 5) is 11.6. The highest BCUT2D eigenvalue weighted by atomic mass is 79.9. The van der Waals surface area contributed by atoms with E-state index in [0.717, 1.165) is 4.47 Å². The molecule has 0 aliphatic rings. The van der Waals surface area contributed by atoms with Gasteiger partial charge < -0.3 is 9.73 Å². The number of carbonyl (C=O) groups excluding carboxylic acids is 1. The number of rotatable bonds is 3. The minimum Gasteiger partial charge on any atom is -0.459 e. The molecule has 0 aliphatic carbocycles. The molecule has 0 fully saturated rings. The van der Waals surface area contributed by atoms with Gasteiger partial charge in [0.15, 0.2) is 5.76 Å². The Kier molecular flexibility index (Phi) is 3.58. The number of hydrogen-bond acceptors (Lipinski definition) is 2. The second kappa shape index (κ2) is 5.14. The molecule has 1 heterocycles. The van der Waals surface area contributed by atoms with Gasteiger partial charge in [-0.05, 0) is 35.9 Å². The lowest BCUT2D eigenvalue weighted by atomic mass is 10.2. The standard InChI is InChI=1S/C12H9BrFNO2/c13-10-4-3-9(14)6-8(10)7-15-12(16)11-2-1-5-17-11/h1-6H,7H2,(H,15,16). The topological polar surface area (TPSA) is 42.2 Å². The summed E-state index contributed by atoms with van der Waals surface area (Å²) in [5.74, 6) is -0.431. The fourth-order valence-corrected chi connectivity index (χ4v) is 1.74. The van der Waals surface area contributed by atoms with Gasteiger partial charge >= 0.3 is 0 Å². The molecule has 0 bridgehead atoms. The third-order valence-electron chi connectivity index (χ3n) is 2.19. The largest absolute Gasteiger partial charge is 0.459 e. The average molecular weight is 298 g/mol. The van der Waals surface area contributed by atoms with E-state index in [1.165, 1.54) is 18.4 Å². The van der Waals surface area contributed by atoms with Crippen LogP contribution in [0.5, 0.6) is 0 Å². The molecule has 5 heteroatoms. The maximum absolute atomic E-state index is 13.0. The molecule has 0 saturated heterocycles. The number of carbonyl (C=O) groups is 1. The summed E-state index contributed by atoms with van der Waals surface area (Å²) >= 11 is 3.29. The van der Waals surface area contributed by atoms with Crippen molar-refractivity contribution in [3.05, 3.63) is 58.2 Å². The molecule has 1 aromatic carbocycles. The summed E-state index contributed by atoms with van der Waals surface area (Å²) in [5, 5.41) is 2.64. The normalized spacial score (nSPS) is 10.2. The fourth-order valence-electron chi connectivity index (χ4n) is 1.35. The maximum atomic E-state index is 13.0. The molecule has 2 rings (SSSR count). The van der Waals surface area contributed by atoms with E-state index in [-0.39, 0.29) is 24.0 Å². The third-order valence-corrected chi connectivity index (χ3v) is 2.97. The average Bonchev–Trinajstić information content (AvgIpc) is 2.83. The zero-order chi connectivity index (χ0) is 12.3. The van der Waals surface area contributed by atoms with Gasteiger partial charge in [0.05, 0.1) is 6.26 Å². The number of furan rings is 1. The molecule has 0 aliphatic heterocycles. The number of benzene rings is 1. The van der Waals surface area contributed by atoms with E-state index >= 15 is 0 Å². The van der Waals surface area contributed by atoms with Gasteiger partial charge in [0.2, 0.25) is 0 Å². The van der Waals surface area contributed by atoms with Crippen LogP contribution in [0.2, 0.25) is 0 Å². The molecule has 88 valence electrons. The first-order valence-corrected chi connectivity index (χ1v) is 5.72. The zero-order valence-corrected chi connectivity index (χ0v) is 10.3. The van der Waals surface area contributed by atoms with Gasteiger partial charge in [-0.15, -0.1) is 0 Å². The Hall–Kier alpha value is -1.62. The van der Waals surface area contributed by atoms with Crippen molar-refractivity contribution in [2.45, 2.75) is 6.54 Å². The highest BCUT2D eigenvalue weighted by Crippen LogP contribution is 2.17. The van der Waals surface area contributed by atoms with Gasteiger partial charge in [0.1, 0.15) is 5.82 Å². The second-order valence-corrected chi connectivity index (χ2v) is 4.25. The number of halogens is 2. The molecule has 2 aromatic rings. The maximum Gasteiger partial charge on any atom is 0.287 e. The highest BCUT2D eigenvalue weighted by molar-refractivity contribution is 9.10. The van der Waals surface area contributed by atoms with Crippen molar-refractivity contribution in [1.29, 1.82) is 0 Å². The van der Waals surface area contributed by atoms with Gasteiger partial charge in [-0.1, -0.05) is 15.9 Å². The van der Waals surface area contributed by atoms with Crippen molar-refractivity contribution < 1.29 is 13.6 Å². The summed E-state index contributed by atoms with van der Waals surface area (Å²) in [6.45, 7) is 0.234. The Morgan fingerprint density at radius 3 is 2.94 bits per heavy atom. The molecule has 0 saturated carbocycles. The van der Waals surface area contributed by atoms with Crippen molar-refractivity contribution in [3.63, 3.8) is 0 Å². The minimum atomic E-state index is -0.338. The van der Waals surface area contributed by atoms with Gasteiger partial charge in [-0.25, -0.2) is 4.39 Å². The molecule has 0 spiro atoms. The van der Waals surface area contributed by atoms with Gasteiger partial charge in [-0.2, -0.15) is 0 Å². The Bertz CT molecular complexity index is 525. The van der Waals surface area contributed by atoms with Crippen molar-refractivity contribution >= 4 is 21.8 Å². The van der Waals surface area contributed by atoms with Crippen LogP contribution in [-0.2, 0) is 6.54 Å². The molecule has 0 unspecified atom stereocenters. The zero-order valence-electron chi connectivity index (χ0n) is 8.74. The van der Waals surface area contributed by atoms with Crippen LogP contribution in [0.3, 0.4) is 0 Å². The molecule has 1 amide bonds. The van der Waals surface area contributed by atoms with Crippen LogP contribution in [0.25, 0.3) is 0 Å². The van der Waals surface area contributed by atoms with Crippen molar-refractivity contribution in [1.82, 2.24) is 5.32 Å². The first-order valence-electron chi connectivity index (χ1n) is 4.92. The van der Waals surface area contributed by atoms with Gasteiger partial charge in [0, 0.05) is 11.0 Å². The van der Waals surface area contributed by atoms with E-state index in [1.54, 1.807) is 18.2 Å². The van der Waals surface area contributed by atoms with Gasteiger partial charge in [0.25, 0.3) is 5.91 Å². The highest BCUT2D eigenvalue weighted by Gasteiger charge is 2.09. The lowest BCUT2D eigenvalue weighted by Gasteiger charge is -2.05. The van der Waals surface area contributed by atoms with E-state index in [0.29, 0.717) is 5.56 Å². The first kappa shape index (κ1) is 11.9. The van der Waals surface area contributed by atoms with E-state index in [4.69, 9.17) is 4.42 Å². The van der Waals surface area contributed by atoms with Crippen molar-refractivity contribution in [3.8, 4) is 0 Å². The monoisotopic (exact) mass is 297 g/mol. The van der Waals surface area contributed by atoms with Gasteiger partial charge in [-0.3, -0.25) is 4.79 Å². The Labute approximate surface area is 106 Å². The SMILES string of the molecule is O=C(NCc1cc(F)ccc1Br)c1ccco1. The fraction of sp³-hybridized carbons (Fsp3) is 0.0833. The second-order valence-electron chi connectivity index (χ2n) is 3.40. The summed E-state index contributed by atoms with van der Waals surface area (Å²) in [5.41, 5.74) is 0.671. The Morgan fingerprint density at radius 2 is 2.24 bits per heavy atom. The molecular formula is C12H9BrFNO2. The van der Waals surface area contributed by atoms with E-state index < -0.39 is 0 Å².